The van der Waals surface area contributed by atoms with Gasteiger partial charge in [0.15, 0.2) is 5.13 Å². The number of aryl methyl sites for hydroxylation is 2. The summed E-state index contributed by atoms with van der Waals surface area (Å²) in [5.74, 6) is -0.809. The number of benzene rings is 2. The molecule has 4 amide bonds. The summed E-state index contributed by atoms with van der Waals surface area (Å²) in [5.41, 5.74) is 2.84. The fourth-order valence-corrected chi connectivity index (χ4v) is 5.45. The number of carbonyl (C=O) groups is 3. The molecular weight excluding hydrogens is 412 g/mol. The van der Waals surface area contributed by atoms with Crippen LogP contribution in [0.3, 0.4) is 0 Å². The molecule has 1 aromatic heterocycles. The highest BCUT2D eigenvalue weighted by atomic mass is 32.1. The molecule has 5 rings (SSSR count). The van der Waals surface area contributed by atoms with E-state index in [2.05, 4.69) is 28.6 Å². The fraction of sp³-hybridized carbons (Fsp3) is 0.304. The second-order valence-electron chi connectivity index (χ2n) is 7.96. The van der Waals surface area contributed by atoms with Crippen molar-refractivity contribution in [2.75, 3.05) is 11.9 Å². The minimum absolute atomic E-state index is 0.343. The number of carbonyl (C=O) groups excluding carboxylic acids is 3. The van der Waals surface area contributed by atoms with E-state index >= 15 is 0 Å². The molecule has 1 spiro atoms. The standard InChI is InChI=1S/C23H22N4O3S/c1-2-14-9-10-17-18(12-14)31-21(24-17)25-19(28)13-27-20(29)23(26-22(27)30)11-5-7-15-6-3-4-8-16(15)23/h3-4,6,8-10,12H,2,5,7,11,13H2,1H3,(H,26,30)(H,24,25,28). The first-order valence-electron chi connectivity index (χ1n) is 10.4. The number of thiazole rings is 1. The Hall–Kier alpha value is -3.26. The first-order chi connectivity index (χ1) is 15.0. The zero-order valence-corrected chi connectivity index (χ0v) is 17.9. The number of hydrogen-bond donors (Lipinski definition) is 2. The van der Waals surface area contributed by atoms with Gasteiger partial charge in [0.2, 0.25) is 5.91 Å². The Bertz CT molecular complexity index is 1220. The SMILES string of the molecule is CCc1ccc2nc(NC(=O)CN3C(=O)NC4(CCCc5ccccc54)C3=O)sc2c1. The highest BCUT2D eigenvalue weighted by Crippen LogP contribution is 2.39. The van der Waals surface area contributed by atoms with Gasteiger partial charge in [-0.25, -0.2) is 9.78 Å². The molecule has 3 aromatic rings. The number of nitrogens with zero attached hydrogens (tertiary/aromatic N) is 2. The van der Waals surface area contributed by atoms with Gasteiger partial charge in [0, 0.05) is 0 Å². The molecule has 1 fully saturated rings. The van der Waals surface area contributed by atoms with E-state index in [9.17, 15) is 14.4 Å². The maximum atomic E-state index is 13.3. The molecule has 0 saturated carbocycles. The molecule has 7 nitrogen and oxygen atoms in total. The zero-order chi connectivity index (χ0) is 21.6. The maximum absolute atomic E-state index is 13.3. The van der Waals surface area contributed by atoms with E-state index in [1.165, 1.54) is 16.9 Å². The first-order valence-corrected chi connectivity index (χ1v) is 11.2. The fourth-order valence-electron chi connectivity index (χ4n) is 4.50. The third-order valence-corrected chi connectivity index (χ3v) is 6.99. The quantitative estimate of drug-likeness (QED) is 0.614. The highest BCUT2D eigenvalue weighted by Gasteiger charge is 2.54. The molecule has 1 unspecified atom stereocenters. The molecule has 2 heterocycles. The van der Waals surface area contributed by atoms with Crippen LogP contribution in [0.15, 0.2) is 42.5 Å². The summed E-state index contributed by atoms with van der Waals surface area (Å²) in [6.07, 6.45) is 3.13. The van der Waals surface area contributed by atoms with Crippen molar-refractivity contribution < 1.29 is 14.4 Å². The highest BCUT2D eigenvalue weighted by molar-refractivity contribution is 7.22. The number of aromatic nitrogens is 1. The summed E-state index contributed by atoms with van der Waals surface area (Å²) < 4.78 is 0.988. The number of urea groups is 1. The van der Waals surface area contributed by atoms with Crippen LogP contribution in [0.25, 0.3) is 10.2 Å². The molecule has 0 bridgehead atoms. The van der Waals surface area contributed by atoms with Crippen molar-refractivity contribution in [1.82, 2.24) is 15.2 Å². The Kier molecular flexibility index (Phi) is 4.74. The number of rotatable bonds is 4. The largest absolute Gasteiger partial charge is 0.325 e. The summed E-state index contributed by atoms with van der Waals surface area (Å²) in [6, 6.07) is 13.2. The molecule has 2 aromatic carbocycles. The smallest absolute Gasteiger partial charge is 0.319 e. The van der Waals surface area contributed by atoms with Crippen LogP contribution >= 0.6 is 11.3 Å². The molecule has 0 radical (unpaired) electrons. The van der Waals surface area contributed by atoms with Crippen molar-refractivity contribution in [2.45, 2.75) is 38.1 Å². The van der Waals surface area contributed by atoms with Gasteiger partial charge in [-0.05, 0) is 54.5 Å². The summed E-state index contributed by atoms with van der Waals surface area (Å²) in [4.78, 5) is 44.1. The normalized spacial score (nSPS) is 20.2. The van der Waals surface area contributed by atoms with Gasteiger partial charge in [0.1, 0.15) is 12.1 Å². The van der Waals surface area contributed by atoms with Crippen molar-refractivity contribution >= 4 is 44.5 Å². The molecule has 2 N–H and O–H groups in total. The number of nitrogens with one attached hydrogen (secondary N) is 2. The van der Waals surface area contributed by atoms with Gasteiger partial charge >= 0.3 is 6.03 Å². The lowest BCUT2D eigenvalue weighted by Crippen LogP contribution is -2.47. The van der Waals surface area contributed by atoms with Crippen LogP contribution in [0, 0.1) is 0 Å². The Labute approximate surface area is 183 Å². The average Bonchev–Trinajstić information content (AvgIpc) is 3.27. The molecule has 1 aliphatic heterocycles. The van der Waals surface area contributed by atoms with Gasteiger partial charge in [-0.1, -0.05) is 48.6 Å². The molecule has 1 atom stereocenters. The third-order valence-electron chi connectivity index (χ3n) is 6.06. The number of hydrogen-bond acceptors (Lipinski definition) is 5. The predicted octanol–water partition coefficient (Wildman–Crippen LogP) is 3.58. The lowest BCUT2D eigenvalue weighted by Gasteiger charge is -2.33. The van der Waals surface area contributed by atoms with Gasteiger partial charge in [-0.2, -0.15) is 0 Å². The van der Waals surface area contributed by atoms with E-state index in [0.29, 0.717) is 11.6 Å². The zero-order valence-electron chi connectivity index (χ0n) is 17.1. The van der Waals surface area contributed by atoms with Gasteiger partial charge in [0.05, 0.1) is 10.2 Å². The third kappa shape index (κ3) is 3.27. The molecule has 8 heteroatoms. The number of amides is 4. The van der Waals surface area contributed by atoms with Gasteiger partial charge in [-0.3, -0.25) is 14.5 Å². The lowest BCUT2D eigenvalue weighted by molar-refractivity contribution is -0.134. The molecule has 158 valence electrons. The van der Waals surface area contributed by atoms with Crippen LogP contribution < -0.4 is 10.6 Å². The number of imide groups is 1. The van der Waals surface area contributed by atoms with Crippen LogP contribution in [0.2, 0.25) is 0 Å². The topological polar surface area (TPSA) is 91.4 Å². The van der Waals surface area contributed by atoms with Crippen molar-refractivity contribution in [3.8, 4) is 0 Å². The second-order valence-corrected chi connectivity index (χ2v) is 8.99. The van der Waals surface area contributed by atoms with Crippen molar-refractivity contribution in [1.29, 1.82) is 0 Å². The first kappa shape index (κ1) is 19.7. The average molecular weight is 435 g/mol. The predicted molar refractivity (Wildman–Crippen MR) is 119 cm³/mol. The monoisotopic (exact) mass is 434 g/mol. The van der Waals surface area contributed by atoms with E-state index < -0.39 is 17.5 Å². The van der Waals surface area contributed by atoms with Crippen LogP contribution in [-0.2, 0) is 28.0 Å². The van der Waals surface area contributed by atoms with Crippen molar-refractivity contribution in [3.05, 3.63) is 59.2 Å². The van der Waals surface area contributed by atoms with Crippen LogP contribution in [0.1, 0.15) is 36.5 Å². The molecule has 1 saturated heterocycles. The summed E-state index contributed by atoms with van der Waals surface area (Å²) in [7, 11) is 0. The van der Waals surface area contributed by atoms with Crippen molar-refractivity contribution in [2.24, 2.45) is 0 Å². The number of anilines is 1. The van der Waals surface area contributed by atoms with E-state index in [4.69, 9.17) is 0 Å². The minimum Gasteiger partial charge on any atom is -0.319 e. The minimum atomic E-state index is -1.07. The van der Waals surface area contributed by atoms with Gasteiger partial charge in [0.25, 0.3) is 5.91 Å². The van der Waals surface area contributed by atoms with Crippen LogP contribution in [0.5, 0.6) is 0 Å². The molecule has 31 heavy (non-hydrogen) atoms. The summed E-state index contributed by atoms with van der Waals surface area (Å²) in [5, 5.41) is 6.07. The Morgan fingerprint density at radius 2 is 2.10 bits per heavy atom. The second kappa shape index (κ2) is 7.46. The van der Waals surface area contributed by atoms with Gasteiger partial charge in [-0.15, -0.1) is 0 Å². The van der Waals surface area contributed by atoms with E-state index in [-0.39, 0.29) is 12.5 Å². The molecule has 1 aliphatic carbocycles. The Morgan fingerprint density at radius 1 is 1.26 bits per heavy atom. The van der Waals surface area contributed by atoms with Crippen molar-refractivity contribution in [3.63, 3.8) is 0 Å². The lowest BCUT2D eigenvalue weighted by atomic mass is 9.76. The van der Waals surface area contributed by atoms with Crippen LogP contribution in [0.4, 0.5) is 9.93 Å². The Balaban J connectivity index is 1.34. The Morgan fingerprint density at radius 3 is 2.94 bits per heavy atom. The molecular formula is C23H22N4O3S. The molecule has 2 aliphatic rings. The number of fused-ring (bicyclic) bond motifs is 3. The maximum Gasteiger partial charge on any atom is 0.325 e. The van der Waals surface area contributed by atoms with E-state index in [1.807, 2.05) is 36.4 Å². The van der Waals surface area contributed by atoms with Crippen LogP contribution in [-0.4, -0.2) is 34.3 Å². The van der Waals surface area contributed by atoms with Gasteiger partial charge < -0.3 is 10.6 Å². The van der Waals surface area contributed by atoms with E-state index in [1.54, 1.807) is 0 Å². The van der Waals surface area contributed by atoms with E-state index in [0.717, 1.165) is 45.5 Å². The summed E-state index contributed by atoms with van der Waals surface area (Å²) >= 11 is 1.38. The summed E-state index contributed by atoms with van der Waals surface area (Å²) in [6.45, 7) is 1.74.